The lowest BCUT2D eigenvalue weighted by Gasteiger charge is -2.34. The molecule has 1 aromatic rings. The van der Waals surface area contributed by atoms with Crippen molar-refractivity contribution in [3.8, 4) is 0 Å². The zero-order valence-corrected chi connectivity index (χ0v) is 11.0. The zero-order valence-electron chi connectivity index (χ0n) is 11.0. The minimum atomic E-state index is -0.855. The summed E-state index contributed by atoms with van der Waals surface area (Å²) in [5, 5.41) is 9.66. The summed E-state index contributed by atoms with van der Waals surface area (Å²) in [7, 11) is 0. The Hall–Kier alpha value is -1.04. The number of halogens is 2. The molecule has 1 aliphatic heterocycles. The molecule has 0 radical (unpaired) electrons. The van der Waals surface area contributed by atoms with E-state index in [2.05, 4.69) is 4.90 Å². The molecular formula is C14H19F2NO2. The highest BCUT2D eigenvalue weighted by atomic mass is 19.2. The lowest BCUT2D eigenvalue weighted by Crippen LogP contribution is -2.42. The Kier molecular flexibility index (Phi) is 4.85. The molecule has 1 fully saturated rings. The van der Waals surface area contributed by atoms with Gasteiger partial charge in [0.2, 0.25) is 0 Å². The second-order valence-corrected chi connectivity index (χ2v) is 4.85. The van der Waals surface area contributed by atoms with Crippen molar-refractivity contribution in [1.82, 2.24) is 4.90 Å². The fourth-order valence-electron chi connectivity index (χ4n) is 2.21. The van der Waals surface area contributed by atoms with Crippen LogP contribution in [0.3, 0.4) is 0 Å². The standard InChI is InChI=1S/C14H19F2NO2/c1-2-11(18)8-17-5-6-19-14(9-17)10-3-4-12(15)13(16)7-10/h3-4,7,11,14,18H,2,5-6,8-9H2,1H3. The van der Waals surface area contributed by atoms with Crippen molar-refractivity contribution in [3.05, 3.63) is 35.4 Å². The first kappa shape index (κ1) is 14.4. The Labute approximate surface area is 111 Å². The van der Waals surface area contributed by atoms with Gasteiger partial charge in [0.05, 0.1) is 18.8 Å². The van der Waals surface area contributed by atoms with E-state index in [1.807, 2.05) is 6.92 Å². The summed E-state index contributed by atoms with van der Waals surface area (Å²) in [6.45, 7) is 4.37. The molecule has 1 N–H and O–H groups in total. The molecule has 0 spiro atoms. The van der Waals surface area contributed by atoms with Gasteiger partial charge in [0.25, 0.3) is 0 Å². The molecule has 1 aromatic carbocycles. The Balaban J connectivity index is 2.02. The summed E-state index contributed by atoms with van der Waals surface area (Å²) in [6.07, 6.45) is 0.0734. The fraction of sp³-hybridized carbons (Fsp3) is 0.571. The molecule has 5 heteroatoms. The van der Waals surface area contributed by atoms with Gasteiger partial charge in [-0.05, 0) is 24.1 Å². The second kappa shape index (κ2) is 6.41. The van der Waals surface area contributed by atoms with Crippen LogP contribution in [0.5, 0.6) is 0 Å². The van der Waals surface area contributed by atoms with Crippen LogP contribution in [-0.4, -0.2) is 42.4 Å². The average Bonchev–Trinajstić information content (AvgIpc) is 2.42. The highest BCUT2D eigenvalue weighted by Gasteiger charge is 2.23. The van der Waals surface area contributed by atoms with Crippen LogP contribution in [0.25, 0.3) is 0 Å². The van der Waals surface area contributed by atoms with Crippen molar-refractivity contribution < 1.29 is 18.6 Å². The molecule has 0 aromatic heterocycles. The van der Waals surface area contributed by atoms with Crippen molar-refractivity contribution in [2.45, 2.75) is 25.6 Å². The van der Waals surface area contributed by atoms with E-state index in [0.29, 0.717) is 31.7 Å². The van der Waals surface area contributed by atoms with Crippen molar-refractivity contribution >= 4 is 0 Å². The van der Waals surface area contributed by atoms with Crippen LogP contribution in [0.4, 0.5) is 8.78 Å². The molecule has 0 saturated carbocycles. The predicted molar refractivity (Wildman–Crippen MR) is 67.8 cm³/mol. The van der Waals surface area contributed by atoms with Crippen LogP contribution >= 0.6 is 0 Å². The molecule has 2 rings (SSSR count). The molecule has 3 nitrogen and oxygen atoms in total. The number of morpholine rings is 1. The number of nitrogens with zero attached hydrogens (tertiary/aromatic N) is 1. The Morgan fingerprint density at radius 2 is 2.21 bits per heavy atom. The normalized spacial score (nSPS) is 22.4. The van der Waals surface area contributed by atoms with Crippen LogP contribution < -0.4 is 0 Å². The minimum absolute atomic E-state index is 0.270. The zero-order chi connectivity index (χ0) is 13.8. The Bertz CT molecular complexity index is 428. The summed E-state index contributed by atoms with van der Waals surface area (Å²) in [5.41, 5.74) is 0.634. The smallest absolute Gasteiger partial charge is 0.159 e. The van der Waals surface area contributed by atoms with E-state index in [-0.39, 0.29) is 12.2 Å². The molecular weight excluding hydrogens is 252 g/mol. The van der Waals surface area contributed by atoms with Gasteiger partial charge < -0.3 is 9.84 Å². The molecule has 0 aliphatic carbocycles. The van der Waals surface area contributed by atoms with Crippen molar-refractivity contribution in [1.29, 1.82) is 0 Å². The van der Waals surface area contributed by atoms with Crippen LogP contribution in [0.2, 0.25) is 0 Å². The highest BCUT2D eigenvalue weighted by molar-refractivity contribution is 5.21. The van der Waals surface area contributed by atoms with Crippen LogP contribution in [0.1, 0.15) is 25.0 Å². The summed E-state index contributed by atoms with van der Waals surface area (Å²) in [4.78, 5) is 2.09. The molecule has 106 valence electrons. The van der Waals surface area contributed by atoms with E-state index >= 15 is 0 Å². The third kappa shape index (κ3) is 3.72. The maximum atomic E-state index is 13.2. The topological polar surface area (TPSA) is 32.7 Å². The number of hydrogen-bond donors (Lipinski definition) is 1. The Morgan fingerprint density at radius 3 is 2.89 bits per heavy atom. The van der Waals surface area contributed by atoms with E-state index in [4.69, 9.17) is 4.74 Å². The maximum absolute atomic E-state index is 13.2. The van der Waals surface area contributed by atoms with Crippen molar-refractivity contribution in [3.63, 3.8) is 0 Å². The van der Waals surface area contributed by atoms with Gasteiger partial charge in [0.15, 0.2) is 11.6 Å². The summed E-state index contributed by atoms with van der Waals surface area (Å²) >= 11 is 0. The number of aliphatic hydroxyl groups is 1. The average molecular weight is 271 g/mol. The van der Waals surface area contributed by atoms with Crippen molar-refractivity contribution in [2.24, 2.45) is 0 Å². The van der Waals surface area contributed by atoms with Gasteiger partial charge in [-0.3, -0.25) is 4.90 Å². The van der Waals surface area contributed by atoms with Crippen LogP contribution in [0.15, 0.2) is 18.2 Å². The lowest BCUT2D eigenvalue weighted by atomic mass is 10.1. The number of β-amino-alcohol motifs (C(OH)–C–C–N with tert-alkyl or cyclic N) is 1. The van der Waals surface area contributed by atoms with Crippen molar-refractivity contribution in [2.75, 3.05) is 26.2 Å². The third-order valence-corrected chi connectivity index (χ3v) is 3.41. The Morgan fingerprint density at radius 1 is 1.42 bits per heavy atom. The molecule has 19 heavy (non-hydrogen) atoms. The molecule has 2 atom stereocenters. The quantitative estimate of drug-likeness (QED) is 0.910. The molecule has 1 aliphatic rings. The fourth-order valence-corrected chi connectivity index (χ4v) is 2.21. The highest BCUT2D eigenvalue weighted by Crippen LogP contribution is 2.23. The molecule has 2 unspecified atom stereocenters. The molecule has 1 heterocycles. The second-order valence-electron chi connectivity index (χ2n) is 4.85. The number of rotatable bonds is 4. The SMILES string of the molecule is CCC(O)CN1CCOC(c2ccc(F)c(F)c2)C1. The van der Waals surface area contributed by atoms with Gasteiger partial charge in [-0.25, -0.2) is 8.78 Å². The third-order valence-electron chi connectivity index (χ3n) is 3.41. The van der Waals surface area contributed by atoms with Crippen LogP contribution in [-0.2, 0) is 4.74 Å². The molecule has 1 saturated heterocycles. The van der Waals surface area contributed by atoms with Gasteiger partial charge in [-0.15, -0.1) is 0 Å². The predicted octanol–water partition coefficient (Wildman–Crippen LogP) is 2.11. The number of aliphatic hydroxyl groups excluding tert-OH is 1. The van der Waals surface area contributed by atoms with Gasteiger partial charge in [-0.2, -0.15) is 0 Å². The maximum Gasteiger partial charge on any atom is 0.159 e. The summed E-state index contributed by atoms with van der Waals surface area (Å²) in [6, 6.07) is 3.84. The summed E-state index contributed by atoms with van der Waals surface area (Å²) < 4.78 is 31.7. The van der Waals surface area contributed by atoms with Gasteiger partial charge >= 0.3 is 0 Å². The van der Waals surface area contributed by atoms with E-state index in [1.165, 1.54) is 6.07 Å². The van der Waals surface area contributed by atoms with Crippen LogP contribution in [0, 0.1) is 11.6 Å². The molecule has 0 bridgehead atoms. The first-order chi connectivity index (χ1) is 9.10. The summed E-state index contributed by atoms with van der Waals surface area (Å²) in [5.74, 6) is -1.70. The minimum Gasteiger partial charge on any atom is -0.392 e. The first-order valence-corrected chi connectivity index (χ1v) is 6.57. The first-order valence-electron chi connectivity index (χ1n) is 6.57. The van der Waals surface area contributed by atoms with Gasteiger partial charge in [0, 0.05) is 19.6 Å². The van der Waals surface area contributed by atoms with Gasteiger partial charge in [-0.1, -0.05) is 13.0 Å². The van der Waals surface area contributed by atoms with E-state index < -0.39 is 11.6 Å². The van der Waals surface area contributed by atoms with E-state index in [1.54, 1.807) is 6.07 Å². The number of hydrogen-bond acceptors (Lipinski definition) is 3. The van der Waals surface area contributed by atoms with Gasteiger partial charge in [0.1, 0.15) is 0 Å². The molecule has 0 amide bonds. The largest absolute Gasteiger partial charge is 0.392 e. The number of ether oxygens (including phenoxy) is 1. The van der Waals surface area contributed by atoms with E-state index in [9.17, 15) is 13.9 Å². The number of benzene rings is 1. The lowest BCUT2D eigenvalue weighted by molar-refractivity contribution is -0.0424. The monoisotopic (exact) mass is 271 g/mol. The van der Waals surface area contributed by atoms with E-state index in [0.717, 1.165) is 12.6 Å².